The zero-order chi connectivity index (χ0) is 33.5. The normalized spacial score (nSPS) is 21.8. The standard InChI is InChI=1S/C31H29F5N6O3S2/c1-4-21(43)42-13(2)9-40(10-14(42)3)28-17-7-18(31(34,35)36)22(23-19(32)8-20(33)26-24(23)38-29(37)47-26)27-25(17)41(30(44)39-28)11-16(12-46-27)45-15-5-6-15/h4,7-8,13-16H,1,5-6,9-12H2,2-3H3,(H2,37,38)/t13-,14+,16?. The van der Waals surface area contributed by atoms with Crippen molar-refractivity contribution in [1.82, 2.24) is 19.4 Å². The first kappa shape index (κ1) is 31.8. The van der Waals surface area contributed by atoms with Crippen molar-refractivity contribution in [3.63, 3.8) is 0 Å². The molecule has 0 spiro atoms. The number of carbonyl (C=O) groups excluding carboxylic acids is 1. The Bertz CT molecular complexity index is 2020. The number of amides is 1. The number of nitrogens with zero attached hydrogens (tertiary/aromatic N) is 5. The largest absolute Gasteiger partial charge is 0.417 e. The van der Waals surface area contributed by atoms with Crippen LogP contribution in [0.3, 0.4) is 0 Å². The summed E-state index contributed by atoms with van der Waals surface area (Å²) >= 11 is 1.72. The van der Waals surface area contributed by atoms with Gasteiger partial charge in [-0.15, -0.1) is 11.8 Å². The van der Waals surface area contributed by atoms with Crippen molar-refractivity contribution >= 4 is 61.1 Å². The lowest BCUT2D eigenvalue weighted by Gasteiger charge is -2.44. The van der Waals surface area contributed by atoms with Crippen molar-refractivity contribution in [1.29, 1.82) is 0 Å². The molecule has 2 N–H and O–H groups in total. The maximum absolute atomic E-state index is 15.9. The molecule has 3 aliphatic rings. The molecule has 1 unspecified atom stereocenters. The van der Waals surface area contributed by atoms with E-state index in [1.54, 1.807) is 23.6 Å². The number of alkyl halides is 3. The Morgan fingerprint density at radius 1 is 1.06 bits per heavy atom. The van der Waals surface area contributed by atoms with Gasteiger partial charge < -0.3 is 20.3 Å². The number of piperazine rings is 1. The number of fused-ring (bicyclic) bond motifs is 1. The summed E-state index contributed by atoms with van der Waals surface area (Å²) in [4.78, 5) is 38.1. The molecule has 1 aliphatic carbocycles. The summed E-state index contributed by atoms with van der Waals surface area (Å²) in [6, 6.07) is 0.644. The van der Waals surface area contributed by atoms with Crippen molar-refractivity contribution in [2.24, 2.45) is 0 Å². The van der Waals surface area contributed by atoms with E-state index in [4.69, 9.17) is 10.5 Å². The summed E-state index contributed by atoms with van der Waals surface area (Å²) in [5.74, 6) is -2.34. The summed E-state index contributed by atoms with van der Waals surface area (Å²) in [6.45, 7) is 7.53. The second kappa shape index (κ2) is 11.4. The molecule has 9 nitrogen and oxygen atoms in total. The van der Waals surface area contributed by atoms with Crippen LogP contribution in [0.25, 0.3) is 32.2 Å². The minimum absolute atomic E-state index is 0.0163. The van der Waals surface area contributed by atoms with Gasteiger partial charge in [-0.25, -0.2) is 18.6 Å². The van der Waals surface area contributed by atoms with Gasteiger partial charge in [0.05, 0.1) is 40.0 Å². The van der Waals surface area contributed by atoms with E-state index < -0.39 is 46.3 Å². The van der Waals surface area contributed by atoms with Gasteiger partial charge in [-0.1, -0.05) is 17.9 Å². The van der Waals surface area contributed by atoms with Crippen LogP contribution in [0.15, 0.2) is 34.5 Å². The maximum Gasteiger partial charge on any atom is 0.417 e. The lowest BCUT2D eigenvalue weighted by Crippen LogP contribution is -2.58. The zero-order valence-electron chi connectivity index (χ0n) is 25.2. The smallest absolute Gasteiger partial charge is 0.375 e. The molecule has 2 aliphatic heterocycles. The molecule has 7 rings (SSSR count). The molecule has 1 saturated carbocycles. The molecular weight excluding hydrogens is 664 g/mol. The summed E-state index contributed by atoms with van der Waals surface area (Å²) in [6.07, 6.45) is -2.71. The van der Waals surface area contributed by atoms with E-state index in [1.807, 2.05) is 0 Å². The van der Waals surface area contributed by atoms with Gasteiger partial charge in [-0.05, 0) is 38.8 Å². The number of nitrogen functional groups attached to an aromatic ring is 1. The summed E-state index contributed by atoms with van der Waals surface area (Å²) in [5.41, 5.74) is 2.63. The van der Waals surface area contributed by atoms with Gasteiger partial charge in [0.15, 0.2) is 5.13 Å². The number of rotatable bonds is 5. The molecule has 2 aromatic carbocycles. The zero-order valence-corrected chi connectivity index (χ0v) is 26.9. The molecule has 248 valence electrons. The van der Waals surface area contributed by atoms with Crippen LogP contribution in [0, 0.1) is 11.6 Å². The average molecular weight is 693 g/mol. The van der Waals surface area contributed by atoms with Crippen LogP contribution in [0.2, 0.25) is 0 Å². The van der Waals surface area contributed by atoms with Gasteiger partial charge in [0.1, 0.15) is 17.5 Å². The Labute approximate surface area is 273 Å². The molecule has 16 heteroatoms. The van der Waals surface area contributed by atoms with E-state index >= 15 is 17.6 Å². The number of benzene rings is 2. The van der Waals surface area contributed by atoms with E-state index in [0.29, 0.717) is 17.4 Å². The van der Waals surface area contributed by atoms with Gasteiger partial charge in [0.2, 0.25) is 5.91 Å². The van der Waals surface area contributed by atoms with Crippen LogP contribution in [0.4, 0.5) is 32.9 Å². The molecule has 4 heterocycles. The first-order valence-electron chi connectivity index (χ1n) is 15.0. The highest BCUT2D eigenvalue weighted by Gasteiger charge is 2.41. The number of ether oxygens (including phenoxy) is 1. The van der Waals surface area contributed by atoms with E-state index in [1.165, 1.54) is 10.6 Å². The van der Waals surface area contributed by atoms with Gasteiger partial charge in [0.25, 0.3) is 0 Å². The molecule has 2 fully saturated rings. The number of anilines is 2. The number of carbonyl (C=O) groups is 1. The lowest BCUT2D eigenvalue weighted by atomic mass is 9.94. The SMILES string of the molecule is C=CC(=O)N1[C@H](C)CN(c2nc(=O)n3c4c(c(-c5c(F)cc(F)c6sc(N)nc56)c(C(F)(F)F)cc24)SCC(OC2CC2)C3)C[C@@H]1C. The summed E-state index contributed by atoms with van der Waals surface area (Å²) in [5, 5.41) is -0.105. The number of aromatic nitrogens is 3. The van der Waals surface area contributed by atoms with Crippen LogP contribution in [0.1, 0.15) is 32.3 Å². The fraction of sp³-hybridized carbons (Fsp3) is 0.419. The van der Waals surface area contributed by atoms with Crippen molar-refractivity contribution in [3.05, 3.63) is 52.5 Å². The third-order valence-electron chi connectivity index (χ3n) is 8.70. The average Bonchev–Trinajstić information content (AvgIpc) is 3.76. The minimum atomic E-state index is -5.01. The van der Waals surface area contributed by atoms with Crippen molar-refractivity contribution in [3.8, 4) is 11.1 Å². The lowest BCUT2D eigenvalue weighted by molar-refractivity contribution is -0.137. The number of hydrogen-bond donors (Lipinski definition) is 1. The van der Waals surface area contributed by atoms with E-state index in [2.05, 4.69) is 16.5 Å². The quantitative estimate of drug-likeness (QED) is 0.206. The summed E-state index contributed by atoms with van der Waals surface area (Å²) < 4.78 is 83.6. The highest BCUT2D eigenvalue weighted by atomic mass is 32.2. The Morgan fingerprint density at radius 3 is 2.40 bits per heavy atom. The molecule has 0 radical (unpaired) electrons. The second-order valence-corrected chi connectivity index (χ2v) is 14.2. The first-order chi connectivity index (χ1) is 22.3. The molecule has 1 saturated heterocycles. The number of thiazole rings is 1. The Balaban J connectivity index is 1.53. The van der Waals surface area contributed by atoms with E-state index in [0.717, 1.165) is 30.7 Å². The summed E-state index contributed by atoms with van der Waals surface area (Å²) in [7, 11) is 0. The molecule has 47 heavy (non-hydrogen) atoms. The Morgan fingerprint density at radius 2 is 1.77 bits per heavy atom. The maximum atomic E-state index is 15.9. The fourth-order valence-corrected chi connectivity index (χ4v) is 8.71. The number of nitrogens with two attached hydrogens (primary N) is 1. The number of hydrogen-bond acceptors (Lipinski definition) is 9. The second-order valence-electron chi connectivity index (χ2n) is 12.1. The van der Waals surface area contributed by atoms with Crippen LogP contribution < -0.4 is 16.3 Å². The highest BCUT2D eigenvalue weighted by Crippen LogP contribution is 2.51. The van der Waals surface area contributed by atoms with Crippen LogP contribution in [-0.4, -0.2) is 68.5 Å². The number of halogens is 5. The van der Waals surface area contributed by atoms with Gasteiger partial charge in [0, 0.05) is 58.4 Å². The van der Waals surface area contributed by atoms with Crippen LogP contribution >= 0.6 is 23.1 Å². The Hall–Kier alpha value is -3.76. The van der Waals surface area contributed by atoms with Gasteiger partial charge >= 0.3 is 11.9 Å². The number of thioether (sulfide) groups is 1. The minimum Gasteiger partial charge on any atom is -0.375 e. The molecular formula is C31H29F5N6O3S2. The first-order valence-corrected chi connectivity index (χ1v) is 16.8. The molecule has 3 atom stereocenters. The molecule has 4 aromatic rings. The monoisotopic (exact) mass is 692 g/mol. The molecule has 0 bridgehead atoms. The third kappa shape index (κ3) is 5.43. The van der Waals surface area contributed by atoms with Crippen LogP contribution in [0.5, 0.6) is 0 Å². The fourth-order valence-electron chi connectivity index (χ4n) is 6.71. The Kier molecular flexibility index (Phi) is 7.75. The third-order valence-corrected chi connectivity index (χ3v) is 10.8. The highest BCUT2D eigenvalue weighted by molar-refractivity contribution is 7.99. The molecule has 1 amide bonds. The predicted octanol–water partition coefficient (Wildman–Crippen LogP) is 5.82. The van der Waals surface area contributed by atoms with Crippen LogP contribution in [-0.2, 0) is 22.3 Å². The molecule has 2 aromatic heterocycles. The van der Waals surface area contributed by atoms with Crippen molar-refractivity contribution < 1.29 is 31.5 Å². The predicted molar refractivity (Wildman–Crippen MR) is 171 cm³/mol. The van der Waals surface area contributed by atoms with Gasteiger partial charge in [-0.2, -0.15) is 18.2 Å². The van der Waals surface area contributed by atoms with Crippen molar-refractivity contribution in [2.75, 3.05) is 29.5 Å². The topological polar surface area (TPSA) is 107 Å². The van der Waals surface area contributed by atoms with E-state index in [9.17, 15) is 14.0 Å². The van der Waals surface area contributed by atoms with Gasteiger partial charge in [-0.3, -0.25) is 9.36 Å². The van der Waals surface area contributed by atoms with Crippen molar-refractivity contribution in [2.45, 2.75) is 68.6 Å². The van der Waals surface area contributed by atoms with E-state index in [-0.39, 0.29) is 86.4 Å².